The number of nitrogens with zero attached hydrogens (tertiary/aromatic N) is 2. The van der Waals surface area contributed by atoms with Crippen LogP contribution in [0, 0.1) is 5.92 Å². The standard InChI is InChI=1S/C20H23N5O/c1-13(16-7-8-17-18(11-16)24-25-23-17)22-20(26)19-10-15(12-21-19)9-14-5-3-2-4-6-14/h2-8,11,13,15,19,21H,9-10,12H2,1H3,(H,22,26)(H,23,24,25)/t13?,15-,19-/m0/s1. The molecule has 1 saturated heterocycles. The summed E-state index contributed by atoms with van der Waals surface area (Å²) in [5.41, 5.74) is 3.99. The van der Waals surface area contributed by atoms with Crippen LogP contribution in [0.2, 0.25) is 0 Å². The summed E-state index contributed by atoms with van der Waals surface area (Å²) in [5.74, 6) is 0.559. The minimum absolute atomic E-state index is 0.0633. The largest absolute Gasteiger partial charge is 0.348 e. The van der Waals surface area contributed by atoms with E-state index < -0.39 is 0 Å². The molecule has 1 amide bonds. The molecule has 6 nitrogen and oxygen atoms in total. The molecular formula is C20H23N5O. The second-order valence-electron chi connectivity index (χ2n) is 7.05. The third kappa shape index (κ3) is 3.60. The fraction of sp³-hybridized carbons (Fsp3) is 0.350. The van der Waals surface area contributed by atoms with Crippen LogP contribution < -0.4 is 10.6 Å². The number of benzene rings is 2. The Hall–Kier alpha value is -2.73. The Morgan fingerprint density at radius 1 is 1.19 bits per heavy atom. The van der Waals surface area contributed by atoms with Gasteiger partial charge in [0, 0.05) is 0 Å². The molecule has 4 rings (SSSR count). The summed E-state index contributed by atoms with van der Waals surface area (Å²) in [4.78, 5) is 12.6. The highest BCUT2D eigenvalue weighted by molar-refractivity contribution is 5.82. The lowest BCUT2D eigenvalue weighted by molar-refractivity contribution is -0.123. The topological polar surface area (TPSA) is 82.7 Å². The number of aromatic nitrogens is 3. The zero-order valence-electron chi connectivity index (χ0n) is 14.8. The van der Waals surface area contributed by atoms with Gasteiger partial charge in [-0.3, -0.25) is 4.79 Å². The Balaban J connectivity index is 1.34. The molecule has 0 saturated carbocycles. The Bertz CT molecular complexity index is 891. The van der Waals surface area contributed by atoms with E-state index in [4.69, 9.17) is 0 Å². The molecule has 0 spiro atoms. The molecule has 3 atom stereocenters. The molecule has 134 valence electrons. The molecule has 1 aliphatic rings. The SMILES string of the molecule is CC(NC(=O)[C@@H]1C[C@H](Cc2ccccc2)CN1)c1ccc2n[nH]nc2c1. The highest BCUT2D eigenvalue weighted by Gasteiger charge is 2.30. The summed E-state index contributed by atoms with van der Waals surface area (Å²) in [7, 11) is 0. The van der Waals surface area contributed by atoms with Crippen molar-refractivity contribution in [3.05, 3.63) is 59.7 Å². The summed E-state index contributed by atoms with van der Waals surface area (Å²) in [6.45, 7) is 2.88. The van der Waals surface area contributed by atoms with Gasteiger partial charge < -0.3 is 10.6 Å². The van der Waals surface area contributed by atoms with Crippen molar-refractivity contribution in [3.63, 3.8) is 0 Å². The van der Waals surface area contributed by atoms with Crippen molar-refractivity contribution < 1.29 is 4.79 Å². The molecule has 0 aliphatic carbocycles. The first kappa shape index (κ1) is 16.7. The number of aromatic amines is 1. The molecule has 1 aromatic heterocycles. The van der Waals surface area contributed by atoms with Gasteiger partial charge >= 0.3 is 0 Å². The zero-order chi connectivity index (χ0) is 17.9. The van der Waals surface area contributed by atoms with Crippen LogP contribution in [0.15, 0.2) is 48.5 Å². The number of fused-ring (bicyclic) bond motifs is 1. The highest BCUT2D eigenvalue weighted by Crippen LogP contribution is 2.21. The molecule has 1 aliphatic heterocycles. The smallest absolute Gasteiger partial charge is 0.237 e. The minimum atomic E-state index is -0.123. The normalized spacial score (nSPS) is 21.0. The lowest BCUT2D eigenvalue weighted by Crippen LogP contribution is -2.41. The zero-order valence-corrected chi connectivity index (χ0v) is 14.8. The minimum Gasteiger partial charge on any atom is -0.348 e. The van der Waals surface area contributed by atoms with Crippen molar-refractivity contribution in [1.29, 1.82) is 0 Å². The third-order valence-corrected chi connectivity index (χ3v) is 5.10. The first-order valence-electron chi connectivity index (χ1n) is 9.07. The summed E-state index contributed by atoms with van der Waals surface area (Å²) in [6, 6.07) is 16.1. The number of H-pyrrole nitrogens is 1. The van der Waals surface area contributed by atoms with Crippen molar-refractivity contribution in [2.24, 2.45) is 5.92 Å². The second-order valence-corrected chi connectivity index (χ2v) is 7.05. The van der Waals surface area contributed by atoms with E-state index in [1.54, 1.807) is 0 Å². The van der Waals surface area contributed by atoms with Crippen LogP contribution in [0.5, 0.6) is 0 Å². The Morgan fingerprint density at radius 3 is 2.85 bits per heavy atom. The predicted molar refractivity (Wildman–Crippen MR) is 100 cm³/mol. The maximum Gasteiger partial charge on any atom is 0.237 e. The van der Waals surface area contributed by atoms with E-state index >= 15 is 0 Å². The van der Waals surface area contributed by atoms with Gasteiger partial charge in [0.25, 0.3) is 0 Å². The molecule has 3 N–H and O–H groups in total. The first-order valence-corrected chi connectivity index (χ1v) is 9.07. The van der Waals surface area contributed by atoms with Crippen molar-refractivity contribution in [2.45, 2.75) is 31.8 Å². The van der Waals surface area contributed by atoms with Gasteiger partial charge in [0.2, 0.25) is 5.91 Å². The van der Waals surface area contributed by atoms with Gasteiger partial charge in [-0.15, -0.1) is 0 Å². The Morgan fingerprint density at radius 2 is 2.00 bits per heavy atom. The van der Waals surface area contributed by atoms with Crippen LogP contribution in [0.4, 0.5) is 0 Å². The molecule has 1 fully saturated rings. The van der Waals surface area contributed by atoms with Crippen molar-refractivity contribution in [2.75, 3.05) is 6.54 Å². The molecule has 0 bridgehead atoms. The van der Waals surface area contributed by atoms with Gasteiger partial charge in [-0.1, -0.05) is 36.4 Å². The van der Waals surface area contributed by atoms with Crippen molar-refractivity contribution >= 4 is 16.9 Å². The Labute approximate surface area is 152 Å². The molecule has 1 unspecified atom stereocenters. The fourth-order valence-electron chi connectivity index (χ4n) is 3.64. The molecule has 3 aromatic rings. The molecule has 2 aromatic carbocycles. The highest BCUT2D eigenvalue weighted by atomic mass is 16.2. The van der Waals surface area contributed by atoms with E-state index in [0.29, 0.717) is 5.92 Å². The quantitative estimate of drug-likeness (QED) is 0.660. The van der Waals surface area contributed by atoms with E-state index in [1.807, 2.05) is 31.2 Å². The van der Waals surface area contributed by atoms with E-state index in [0.717, 1.165) is 36.0 Å². The summed E-state index contributed by atoms with van der Waals surface area (Å²) < 4.78 is 0. The fourth-order valence-corrected chi connectivity index (χ4v) is 3.64. The lowest BCUT2D eigenvalue weighted by Gasteiger charge is -2.18. The van der Waals surface area contributed by atoms with Gasteiger partial charge in [0.1, 0.15) is 11.0 Å². The van der Waals surface area contributed by atoms with Crippen molar-refractivity contribution in [3.8, 4) is 0 Å². The maximum atomic E-state index is 12.6. The number of hydrogen-bond acceptors (Lipinski definition) is 4. The molecule has 26 heavy (non-hydrogen) atoms. The first-order chi connectivity index (χ1) is 12.7. The van der Waals surface area contributed by atoms with Gasteiger partial charge in [-0.2, -0.15) is 15.4 Å². The molecule has 2 heterocycles. The monoisotopic (exact) mass is 349 g/mol. The van der Waals surface area contributed by atoms with Crippen LogP contribution in [0.25, 0.3) is 11.0 Å². The number of hydrogen-bond donors (Lipinski definition) is 3. The van der Waals surface area contributed by atoms with Crippen LogP contribution in [-0.4, -0.2) is 33.9 Å². The van der Waals surface area contributed by atoms with Crippen LogP contribution in [0.3, 0.4) is 0 Å². The predicted octanol–water partition coefficient (Wildman–Crippen LogP) is 2.36. The van der Waals surface area contributed by atoms with Gasteiger partial charge in [-0.05, 0) is 55.5 Å². The molecule has 6 heteroatoms. The molecular weight excluding hydrogens is 326 g/mol. The lowest BCUT2D eigenvalue weighted by atomic mass is 9.96. The number of carbonyl (C=O) groups excluding carboxylic acids is 1. The summed E-state index contributed by atoms with van der Waals surface area (Å²) in [5, 5.41) is 17.3. The van der Waals surface area contributed by atoms with Gasteiger partial charge in [-0.25, -0.2) is 0 Å². The van der Waals surface area contributed by atoms with Crippen LogP contribution >= 0.6 is 0 Å². The number of rotatable bonds is 5. The number of amides is 1. The Kier molecular flexibility index (Phi) is 4.67. The maximum absolute atomic E-state index is 12.6. The van der Waals surface area contributed by atoms with Crippen molar-refractivity contribution in [1.82, 2.24) is 26.0 Å². The van der Waals surface area contributed by atoms with E-state index in [1.165, 1.54) is 5.56 Å². The van der Waals surface area contributed by atoms with Crippen LogP contribution in [0.1, 0.15) is 30.5 Å². The van der Waals surface area contributed by atoms with E-state index in [-0.39, 0.29) is 18.0 Å². The third-order valence-electron chi connectivity index (χ3n) is 5.10. The summed E-state index contributed by atoms with van der Waals surface area (Å²) >= 11 is 0. The number of carbonyl (C=O) groups is 1. The molecule has 0 radical (unpaired) electrons. The van der Waals surface area contributed by atoms with E-state index in [2.05, 4.69) is 50.3 Å². The average Bonchev–Trinajstić information content (AvgIpc) is 3.31. The van der Waals surface area contributed by atoms with Gasteiger partial charge in [0.15, 0.2) is 0 Å². The summed E-state index contributed by atoms with van der Waals surface area (Å²) in [6.07, 6.45) is 1.88. The van der Waals surface area contributed by atoms with E-state index in [9.17, 15) is 4.79 Å². The average molecular weight is 349 g/mol. The second kappa shape index (κ2) is 7.25. The van der Waals surface area contributed by atoms with Crippen LogP contribution in [-0.2, 0) is 11.2 Å². The van der Waals surface area contributed by atoms with Gasteiger partial charge in [0.05, 0.1) is 12.1 Å². The number of nitrogens with one attached hydrogen (secondary N) is 3.